The SMILES string of the molecule is CCN(CC)c1ccc(C=Nc2sc3c(c2C(=O)Nc2ccc(Cl)cc2)CC[C@@H](C(C)(C)C)C3)c(OC)c1. The molecule has 4 rings (SSSR count). The second kappa shape index (κ2) is 11.9. The number of thiophene rings is 1. The molecule has 1 amide bonds. The quantitative estimate of drug-likeness (QED) is 0.286. The molecule has 1 aliphatic carbocycles. The minimum atomic E-state index is -0.130. The van der Waals surface area contributed by atoms with Gasteiger partial charge in [-0.15, -0.1) is 11.3 Å². The summed E-state index contributed by atoms with van der Waals surface area (Å²) in [6.45, 7) is 13.0. The number of methoxy groups -OCH3 is 1. The molecule has 1 aliphatic rings. The van der Waals surface area contributed by atoms with E-state index >= 15 is 0 Å². The van der Waals surface area contributed by atoms with E-state index < -0.39 is 0 Å². The highest BCUT2D eigenvalue weighted by molar-refractivity contribution is 7.16. The Morgan fingerprint density at radius 1 is 1.18 bits per heavy atom. The van der Waals surface area contributed by atoms with Crippen molar-refractivity contribution in [1.82, 2.24) is 0 Å². The van der Waals surface area contributed by atoms with Crippen molar-refractivity contribution in [2.45, 2.75) is 53.9 Å². The van der Waals surface area contributed by atoms with Gasteiger partial charge in [0.1, 0.15) is 10.8 Å². The number of anilines is 2. The number of nitrogens with one attached hydrogen (secondary N) is 1. The van der Waals surface area contributed by atoms with Crippen molar-refractivity contribution in [2.24, 2.45) is 16.3 Å². The van der Waals surface area contributed by atoms with E-state index in [0.29, 0.717) is 22.2 Å². The second-order valence-electron chi connectivity index (χ2n) is 10.8. The summed E-state index contributed by atoms with van der Waals surface area (Å²) < 4.78 is 5.71. The van der Waals surface area contributed by atoms with Crippen LogP contribution in [0.1, 0.15) is 67.4 Å². The van der Waals surface area contributed by atoms with Crippen molar-refractivity contribution in [3.05, 3.63) is 69.1 Å². The van der Waals surface area contributed by atoms with Gasteiger partial charge in [-0.2, -0.15) is 0 Å². The molecule has 7 heteroatoms. The molecule has 0 fully saturated rings. The summed E-state index contributed by atoms with van der Waals surface area (Å²) in [7, 11) is 1.68. The highest BCUT2D eigenvalue weighted by Crippen LogP contribution is 2.45. The lowest BCUT2D eigenvalue weighted by Crippen LogP contribution is -2.27. The summed E-state index contributed by atoms with van der Waals surface area (Å²) in [6.07, 6.45) is 4.75. The fraction of sp³-hybridized carbons (Fsp3) is 0.419. The number of nitrogens with zero attached hydrogens (tertiary/aromatic N) is 2. The van der Waals surface area contributed by atoms with E-state index in [0.717, 1.165) is 59.9 Å². The second-order valence-corrected chi connectivity index (χ2v) is 12.3. The normalized spacial score (nSPS) is 15.4. The smallest absolute Gasteiger partial charge is 0.259 e. The number of halogens is 1. The molecule has 1 aromatic heterocycles. The predicted molar refractivity (Wildman–Crippen MR) is 163 cm³/mol. The summed E-state index contributed by atoms with van der Waals surface area (Å²) in [4.78, 5) is 22.0. The number of carbonyl (C=O) groups excluding carboxylic acids is 1. The average molecular weight is 552 g/mol. The number of carbonyl (C=O) groups is 1. The molecule has 0 bridgehead atoms. The van der Waals surface area contributed by atoms with E-state index in [1.165, 1.54) is 4.88 Å². The Kier molecular flexibility index (Phi) is 8.84. The monoisotopic (exact) mass is 551 g/mol. The van der Waals surface area contributed by atoms with Crippen molar-refractivity contribution < 1.29 is 9.53 Å². The van der Waals surface area contributed by atoms with Crippen LogP contribution in [0.5, 0.6) is 5.75 Å². The van der Waals surface area contributed by atoms with Gasteiger partial charge >= 0.3 is 0 Å². The summed E-state index contributed by atoms with van der Waals surface area (Å²) in [5.74, 6) is 1.21. The number of ether oxygens (including phenoxy) is 1. The van der Waals surface area contributed by atoms with Gasteiger partial charge in [-0.25, -0.2) is 4.99 Å². The van der Waals surface area contributed by atoms with Crippen LogP contribution in [0.25, 0.3) is 0 Å². The molecule has 1 heterocycles. The summed E-state index contributed by atoms with van der Waals surface area (Å²) in [5, 5.41) is 4.44. The van der Waals surface area contributed by atoms with Gasteiger partial charge in [0.05, 0.1) is 12.7 Å². The first kappa shape index (κ1) is 28.2. The number of aliphatic imine (C=N–C) groups is 1. The molecule has 3 aromatic rings. The Labute approximate surface area is 235 Å². The van der Waals surface area contributed by atoms with Gasteiger partial charge in [-0.3, -0.25) is 4.79 Å². The van der Waals surface area contributed by atoms with Crippen molar-refractivity contribution in [3.63, 3.8) is 0 Å². The van der Waals surface area contributed by atoms with Crippen LogP contribution in [0, 0.1) is 11.3 Å². The van der Waals surface area contributed by atoms with Crippen LogP contribution < -0.4 is 15.0 Å². The summed E-state index contributed by atoms with van der Waals surface area (Å²) >= 11 is 7.69. The molecule has 1 atom stereocenters. The first-order valence-electron chi connectivity index (χ1n) is 13.3. The molecule has 0 saturated heterocycles. The molecule has 38 heavy (non-hydrogen) atoms. The van der Waals surface area contributed by atoms with Gasteiger partial charge in [0.15, 0.2) is 0 Å². The van der Waals surface area contributed by atoms with E-state index in [-0.39, 0.29) is 11.3 Å². The van der Waals surface area contributed by atoms with Crippen molar-refractivity contribution in [2.75, 3.05) is 30.4 Å². The number of rotatable bonds is 8. The highest BCUT2D eigenvalue weighted by Gasteiger charge is 2.33. The zero-order valence-corrected chi connectivity index (χ0v) is 24.8. The van der Waals surface area contributed by atoms with E-state index in [1.807, 2.05) is 24.4 Å². The molecule has 2 aromatic carbocycles. The lowest BCUT2D eigenvalue weighted by molar-refractivity contribution is 0.102. The van der Waals surface area contributed by atoms with Crippen molar-refractivity contribution in [3.8, 4) is 5.75 Å². The number of amides is 1. The average Bonchev–Trinajstić information content (AvgIpc) is 3.27. The fourth-order valence-corrected chi connectivity index (χ4v) is 6.48. The van der Waals surface area contributed by atoms with Gasteiger partial charge in [0.2, 0.25) is 0 Å². The third kappa shape index (κ3) is 6.24. The third-order valence-corrected chi connectivity index (χ3v) is 8.88. The maximum absolute atomic E-state index is 13.6. The van der Waals surface area contributed by atoms with E-state index in [4.69, 9.17) is 21.3 Å². The first-order valence-corrected chi connectivity index (χ1v) is 14.5. The molecule has 0 aliphatic heterocycles. The van der Waals surface area contributed by atoms with Crippen LogP contribution in [0.15, 0.2) is 47.5 Å². The van der Waals surface area contributed by atoms with Crippen LogP contribution in [0.3, 0.4) is 0 Å². The fourth-order valence-electron chi connectivity index (χ4n) is 5.08. The lowest BCUT2D eigenvalue weighted by atomic mass is 9.72. The molecule has 0 unspecified atom stereocenters. The van der Waals surface area contributed by atoms with Crippen LogP contribution in [-0.2, 0) is 12.8 Å². The largest absolute Gasteiger partial charge is 0.496 e. The summed E-state index contributed by atoms with van der Waals surface area (Å²) in [6, 6.07) is 13.4. The molecule has 5 nitrogen and oxygen atoms in total. The van der Waals surface area contributed by atoms with E-state index in [9.17, 15) is 4.79 Å². The summed E-state index contributed by atoms with van der Waals surface area (Å²) in [5.41, 5.74) is 4.75. The molecule has 1 N–H and O–H groups in total. The Balaban J connectivity index is 1.70. The number of hydrogen-bond acceptors (Lipinski definition) is 5. The highest BCUT2D eigenvalue weighted by atomic mass is 35.5. The third-order valence-electron chi connectivity index (χ3n) is 7.47. The van der Waals surface area contributed by atoms with Crippen LogP contribution in [0.4, 0.5) is 16.4 Å². The Bertz CT molecular complexity index is 1300. The zero-order valence-electron chi connectivity index (χ0n) is 23.2. The maximum atomic E-state index is 13.6. The van der Waals surface area contributed by atoms with Gasteiger partial charge in [0.25, 0.3) is 5.91 Å². The molecule has 0 saturated carbocycles. The number of fused-ring (bicyclic) bond motifs is 1. The minimum absolute atomic E-state index is 0.130. The predicted octanol–water partition coefficient (Wildman–Crippen LogP) is 8.41. The van der Waals surface area contributed by atoms with Gasteiger partial charge in [-0.1, -0.05) is 32.4 Å². The van der Waals surface area contributed by atoms with Crippen LogP contribution >= 0.6 is 22.9 Å². The van der Waals surface area contributed by atoms with Crippen molar-refractivity contribution in [1.29, 1.82) is 0 Å². The topological polar surface area (TPSA) is 53.9 Å². The molecular weight excluding hydrogens is 514 g/mol. The van der Waals surface area contributed by atoms with E-state index in [1.54, 1.807) is 30.6 Å². The Morgan fingerprint density at radius 2 is 1.89 bits per heavy atom. The Morgan fingerprint density at radius 3 is 2.53 bits per heavy atom. The van der Waals surface area contributed by atoms with Crippen LogP contribution in [-0.4, -0.2) is 32.3 Å². The van der Waals surface area contributed by atoms with E-state index in [2.05, 4.69) is 57.0 Å². The first-order chi connectivity index (χ1) is 18.1. The van der Waals surface area contributed by atoms with Gasteiger partial charge in [0, 0.05) is 52.2 Å². The standard InChI is InChI=1S/C31H38ClN3O2S/c1-7-35(8-2)24-15-9-20(26(18-24)37-6)19-33-30-28(29(36)34-23-13-11-22(32)12-14-23)25-16-10-21(31(3,4)5)17-27(25)38-30/h9,11-15,18-19,21H,7-8,10,16-17H2,1-6H3,(H,34,36)/t21-/m1/s1. The maximum Gasteiger partial charge on any atom is 0.259 e. The zero-order chi connectivity index (χ0) is 27.4. The molecule has 202 valence electrons. The minimum Gasteiger partial charge on any atom is -0.496 e. The number of benzene rings is 2. The molecular formula is C31H38ClN3O2S. The lowest BCUT2D eigenvalue weighted by Gasteiger charge is -2.33. The van der Waals surface area contributed by atoms with Crippen LogP contribution in [0.2, 0.25) is 5.02 Å². The van der Waals surface area contributed by atoms with Crippen molar-refractivity contribution >= 4 is 51.4 Å². The Hall–Kier alpha value is -2.83. The van der Waals surface area contributed by atoms with Gasteiger partial charge < -0.3 is 15.0 Å². The van der Waals surface area contributed by atoms with Gasteiger partial charge in [-0.05, 0) is 86.4 Å². The molecule has 0 spiro atoms. The molecule has 0 radical (unpaired) electrons. The number of hydrogen-bond donors (Lipinski definition) is 1.